The van der Waals surface area contributed by atoms with Crippen LogP contribution in [0.3, 0.4) is 0 Å². The van der Waals surface area contributed by atoms with Crippen molar-refractivity contribution >= 4 is 11.5 Å². The van der Waals surface area contributed by atoms with Crippen molar-refractivity contribution in [1.29, 1.82) is 0 Å². The van der Waals surface area contributed by atoms with E-state index in [2.05, 4.69) is 9.36 Å². The van der Waals surface area contributed by atoms with Crippen LogP contribution in [0.4, 0.5) is 0 Å². The zero-order valence-corrected chi connectivity index (χ0v) is 9.55. The Bertz CT molecular complexity index is 354. The standard InChI is InChI=1S/C10H17N3OS/c11-8(7-3-1-2-4-7)5-6-9-12-10(14)15-13-9/h7-8H,1-6,11H2,(H,12,13,14). The fourth-order valence-electron chi connectivity index (χ4n) is 2.29. The van der Waals surface area contributed by atoms with Crippen LogP contribution in [0, 0.1) is 5.92 Å². The quantitative estimate of drug-likeness (QED) is 0.814. The number of aryl methyl sites for hydroxylation is 1. The van der Waals surface area contributed by atoms with Crippen molar-refractivity contribution < 1.29 is 0 Å². The van der Waals surface area contributed by atoms with Crippen LogP contribution in [0.2, 0.25) is 0 Å². The Kier molecular flexibility index (Phi) is 3.53. The lowest BCUT2D eigenvalue weighted by atomic mass is 9.95. The Morgan fingerprint density at radius 3 is 2.87 bits per heavy atom. The van der Waals surface area contributed by atoms with Crippen LogP contribution in [0.1, 0.15) is 37.9 Å². The molecule has 4 nitrogen and oxygen atoms in total. The molecule has 1 aliphatic carbocycles. The van der Waals surface area contributed by atoms with Gasteiger partial charge in [-0.2, -0.15) is 4.37 Å². The minimum absolute atomic E-state index is 0.0700. The second-order valence-corrected chi connectivity index (χ2v) is 5.02. The summed E-state index contributed by atoms with van der Waals surface area (Å²) in [4.78, 5) is 13.5. The molecule has 0 bridgehead atoms. The van der Waals surface area contributed by atoms with Crippen molar-refractivity contribution in [1.82, 2.24) is 9.36 Å². The molecule has 84 valence electrons. The van der Waals surface area contributed by atoms with Crippen molar-refractivity contribution in [2.75, 3.05) is 0 Å². The van der Waals surface area contributed by atoms with Crippen molar-refractivity contribution in [2.45, 2.75) is 44.6 Å². The maximum atomic E-state index is 10.9. The number of nitrogens with two attached hydrogens (primary N) is 1. The van der Waals surface area contributed by atoms with Gasteiger partial charge in [0.2, 0.25) is 0 Å². The van der Waals surface area contributed by atoms with Crippen LogP contribution in [-0.4, -0.2) is 15.4 Å². The van der Waals surface area contributed by atoms with Gasteiger partial charge in [-0.25, -0.2) is 0 Å². The lowest BCUT2D eigenvalue weighted by Crippen LogP contribution is -2.29. The SMILES string of the molecule is NC(CCc1nsc(=O)[nH]1)C1CCCC1. The second kappa shape index (κ2) is 4.90. The average Bonchev–Trinajstić information content (AvgIpc) is 2.84. The molecule has 5 heteroatoms. The highest BCUT2D eigenvalue weighted by molar-refractivity contribution is 7.02. The van der Waals surface area contributed by atoms with Crippen molar-refractivity contribution in [3.8, 4) is 0 Å². The van der Waals surface area contributed by atoms with E-state index in [1.807, 2.05) is 0 Å². The predicted octanol–water partition coefficient (Wildman–Crippen LogP) is 1.28. The number of H-pyrrole nitrogens is 1. The number of aromatic amines is 1. The van der Waals surface area contributed by atoms with E-state index >= 15 is 0 Å². The Labute approximate surface area is 93.1 Å². The first-order valence-corrected chi connectivity index (χ1v) is 6.33. The summed E-state index contributed by atoms with van der Waals surface area (Å²) in [7, 11) is 0. The molecule has 3 N–H and O–H groups in total. The molecule has 2 rings (SSSR count). The minimum atomic E-state index is -0.0700. The van der Waals surface area contributed by atoms with Crippen LogP contribution in [0.15, 0.2) is 4.79 Å². The summed E-state index contributed by atoms with van der Waals surface area (Å²) in [6.45, 7) is 0. The largest absolute Gasteiger partial charge is 0.327 e. The number of hydrogen-bond donors (Lipinski definition) is 2. The molecule has 0 amide bonds. The van der Waals surface area contributed by atoms with Gasteiger partial charge in [-0.3, -0.25) is 9.78 Å². The van der Waals surface area contributed by atoms with Gasteiger partial charge in [0.05, 0.1) is 0 Å². The Balaban J connectivity index is 1.79. The zero-order valence-electron chi connectivity index (χ0n) is 8.74. The van der Waals surface area contributed by atoms with Gasteiger partial charge in [-0.05, 0) is 25.2 Å². The van der Waals surface area contributed by atoms with Crippen LogP contribution in [-0.2, 0) is 6.42 Å². The van der Waals surface area contributed by atoms with E-state index in [1.54, 1.807) is 0 Å². The monoisotopic (exact) mass is 227 g/mol. The lowest BCUT2D eigenvalue weighted by Gasteiger charge is -2.17. The molecule has 0 saturated heterocycles. The fraction of sp³-hybridized carbons (Fsp3) is 0.800. The van der Waals surface area contributed by atoms with Gasteiger partial charge in [0.25, 0.3) is 0 Å². The van der Waals surface area contributed by atoms with E-state index in [0.717, 1.165) is 30.2 Å². The van der Waals surface area contributed by atoms with E-state index in [-0.39, 0.29) is 10.9 Å². The highest BCUT2D eigenvalue weighted by Crippen LogP contribution is 2.28. The molecular formula is C10H17N3OS. The minimum Gasteiger partial charge on any atom is -0.327 e. The van der Waals surface area contributed by atoms with Gasteiger partial charge in [0.15, 0.2) is 0 Å². The molecule has 1 unspecified atom stereocenters. The number of nitrogens with zero attached hydrogens (tertiary/aromatic N) is 1. The van der Waals surface area contributed by atoms with Gasteiger partial charge >= 0.3 is 4.87 Å². The Morgan fingerprint density at radius 2 is 2.27 bits per heavy atom. The summed E-state index contributed by atoms with van der Waals surface area (Å²) in [5.41, 5.74) is 6.12. The third-order valence-electron chi connectivity index (χ3n) is 3.20. The first-order chi connectivity index (χ1) is 7.25. The summed E-state index contributed by atoms with van der Waals surface area (Å²) in [5, 5.41) is 0. The molecule has 1 atom stereocenters. The van der Waals surface area contributed by atoms with Crippen LogP contribution < -0.4 is 10.6 Å². The third-order valence-corrected chi connectivity index (χ3v) is 3.78. The fourth-order valence-corrected chi connectivity index (χ4v) is 2.79. The van der Waals surface area contributed by atoms with E-state index in [0.29, 0.717) is 5.92 Å². The summed E-state index contributed by atoms with van der Waals surface area (Å²) >= 11 is 0.986. The van der Waals surface area contributed by atoms with E-state index in [9.17, 15) is 4.79 Å². The van der Waals surface area contributed by atoms with Crippen LogP contribution in [0.25, 0.3) is 0 Å². The first-order valence-electron chi connectivity index (χ1n) is 5.56. The summed E-state index contributed by atoms with van der Waals surface area (Å²) in [6.07, 6.45) is 6.93. The first kappa shape index (κ1) is 10.8. The van der Waals surface area contributed by atoms with E-state index < -0.39 is 0 Å². The van der Waals surface area contributed by atoms with Gasteiger partial charge in [0.1, 0.15) is 5.82 Å². The zero-order chi connectivity index (χ0) is 10.7. The summed E-state index contributed by atoms with van der Waals surface area (Å²) in [5.74, 6) is 1.48. The van der Waals surface area contributed by atoms with Crippen molar-refractivity contribution in [3.63, 3.8) is 0 Å². The Morgan fingerprint density at radius 1 is 1.53 bits per heavy atom. The molecule has 15 heavy (non-hydrogen) atoms. The molecule has 1 heterocycles. The molecule has 1 saturated carbocycles. The van der Waals surface area contributed by atoms with Crippen LogP contribution >= 0.6 is 11.5 Å². The van der Waals surface area contributed by atoms with Gasteiger partial charge in [0, 0.05) is 24.0 Å². The van der Waals surface area contributed by atoms with Gasteiger partial charge in [-0.1, -0.05) is 12.8 Å². The predicted molar refractivity (Wildman–Crippen MR) is 61.0 cm³/mol. The summed E-state index contributed by atoms with van der Waals surface area (Å²) < 4.78 is 4.03. The average molecular weight is 227 g/mol. The second-order valence-electron chi connectivity index (χ2n) is 4.29. The van der Waals surface area contributed by atoms with Crippen LogP contribution in [0.5, 0.6) is 0 Å². The Hall–Kier alpha value is -0.680. The maximum absolute atomic E-state index is 10.9. The maximum Gasteiger partial charge on any atom is 0.323 e. The van der Waals surface area contributed by atoms with Crippen molar-refractivity contribution in [3.05, 3.63) is 15.5 Å². The van der Waals surface area contributed by atoms with E-state index in [1.165, 1.54) is 25.7 Å². The third kappa shape index (κ3) is 2.89. The molecule has 0 aliphatic heterocycles. The topological polar surface area (TPSA) is 71.8 Å². The molecule has 0 radical (unpaired) electrons. The smallest absolute Gasteiger partial charge is 0.323 e. The summed E-state index contributed by atoms with van der Waals surface area (Å²) in [6, 6.07) is 0.276. The van der Waals surface area contributed by atoms with E-state index in [4.69, 9.17) is 5.73 Å². The molecule has 1 aromatic heterocycles. The lowest BCUT2D eigenvalue weighted by molar-refractivity contribution is 0.408. The number of rotatable bonds is 4. The molecule has 1 fully saturated rings. The van der Waals surface area contributed by atoms with Gasteiger partial charge in [-0.15, -0.1) is 0 Å². The highest BCUT2D eigenvalue weighted by Gasteiger charge is 2.21. The normalized spacial score (nSPS) is 19.5. The van der Waals surface area contributed by atoms with Crippen molar-refractivity contribution in [2.24, 2.45) is 11.7 Å². The molecular weight excluding hydrogens is 210 g/mol. The number of nitrogens with one attached hydrogen (secondary N) is 1. The molecule has 0 spiro atoms. The highest BCUT2D eigenvalue weighted by atomic mass is 32.1. The molecule has 1 aromatic rings. The number of hydrogen-bond acceptors (Lipinski definition) is 4. The molecule has 0 aromatic carbocycles. The molecule has 1 aliphatic rings. The van der Waals surface area contributed by atoms with Gasteiger partial charge < -0.3 is 5.73 Å². The number of aromatic nitrogens is 2.